The van der Waals surface area contributed by atoms with Crippen molar-refractivity contribution >= 4 is 5.91 Å². The Balaban J connectivity index is 2.06. The molecule has 2 aromatic rings. The van der Waals surface area contributed by atoms with E-state index in [0.29, 0.717) is 0 Å². The van der Waals surface area contributed by atoms with Gasteiger partial charge in [-0.15, -0.1) is 5.10 Å². The van der Waals surface area contributed by atoms with E-state index in [1.807, 2.05) is 13.8 Å². The predicted octanol–water partition coefficient (Wildman–Crippen LogP) is 1.80. The lowest BCUT2D eigenvalue weighted by Crippen LogP contribution is -2.34. The zero-order chi connectivity index (χ0) is 16.1. The van der Waals surface area contributed by atoms with Crippen LogP contribution < -0.4 is 5.32 Å². The summed E-state index contributed by atoms with van der Waals surface area (Å²) in [6.45, 7) is 3.91. The first kappa shape index (κ1) is 15.6. The second kappa shape index (κ2) is 6.80. The van der Waals surface area contributed by atoms with Crippen LogP contribution in [-0.2, 0) is 11.3 Å². The molecule has 1 N–H and O–H groups in total. The summed E-state index contributed by atoms with van der Waals surface area (Å²) in [5, 5.41) is 15.4. The van der Waals surface area contributed by atoms with Gasteiger partial charge >= 0.3 is 0 Å². The Morgan fingerprint density at radius 2 is 2.09 bits per heavy atom. The van der Waals surface area contributed by atoms with Crippen LogP contribution in [0.4, 0.5) is 4.39 Å². The molecule has 0 aliphatic rings. The normalized spacial score (nSPS) is 12.0. The maximum Gasteiger partial charge on any atom is 0.252 e. The van der Waals surface area contributed by atoms with Crippen LogP contribution in [0.3, 0.4) is 0 Å². The van der Waals surface area contributed by atoms with Crippen LogP contribution >= 0.6 is 0 Å². The standard InChI is InChI=1S/C15H16FN5O/c1-10(2)15(11-3-5-12(16)6-4-11)19-14(22)8-21-9-18-13(7-17)20-21/h3-6,9-10,15H,8H2,1-2H3,(H,19,22)/t15-/m0/s1. The molecule has 1 amide bonds. The molecular formula is C15H16FN5O. The van der Waals surface area contributed by atoms with Crippen molar-refractivity contribution in [1.29, 1.82) is 5.26 Å². The number of nitrogens with zero attached hydrogens (tertiary/aromatic N) is 4. The van der Waals surface area contributed by atoms with Gasteiger partial charge in [0.25, 0.3) is 5.82 Å². The number of carbonyl (C=O) groups excluding carboxylic acids is 1. The van der Waals surface area contributed by atoms with E-state index in [4.69, 9.17) is 5.26 Å². The van der Waals surface area contributed by atoms with Gasteiger partial charge in [0, 0.05) is 0 Å². The molecule has 1 aromatic carbocycles. The van der Waals surface area contributed by atoms with Crippen molar-refractivity contribution in [2.75, 3.05) is 0 Å². The Labute approximate surface area is 127 Å². The van der Waals surface area contributed by atoms with E-state index < -0.39 is 0 Å². The van der Waals surface area contributed by atoms with Crippen LogP contribution in [0, 0.1) is 23.1 Å². The van der Waals surface area contributed by atoms with Crippen LogP contribution in [0.15, 0.2) is 30.6 Å². The Morgan fingerprint density at radius 1 is 1.41 bits per heavy atom. The SMILES string of the molecule is CC(C)[C@H](NC(=O)Cn1cnc(C#N)n1)c1ccc(F)cc1. The van der Waals surface area contributed by atoms with E-state index in [0.717, 1.165) is 5.56 Å². The van der Waals surface area contributed by atoms with Gasteiger partial charge in [0.2, 0.25) is 5.91 Å². The maximum atomic E-state index is 13.0. The van der Waals surface area contributed by atoms with E-state index >= 15 is 0 Å². The van der Waals surface area contributed by atoms with E-state index in [2.05, 4.69) is 15.4 Å². The number of amides is 1. The number of nitriles is 1. The minimum Gasteiger partial charge on any atom is -0.347 e. The lowest BCUT2D eigenvalue weighted by molar-refractivity contribution is -0.122. The highest BCUT2D eigenvalue weighted by molar-refractivity contribution is 5.76. The number of hydrogen-bond donors (Lipinski definition) is 1. The molecule has 0 fully saturated rings. The first-order valence-corrected chi connectivity index (χ1v) is 6.84. The van der Waals surface area contributed by atoms with Gasteiger partial charge in [0.05, 0.1) is 6.04 Å². The summed E-state index contributed by atoms with van der Waals surface area (Å²) in [6, 6.07) is 7.62. The lowest BCUT2D eigenvalue weighted by atomic mass is 9.96. The van der Waals surface area contributed by atoms with Crippen LogP contribution in [0.2, 0.25) is 0 Å². The predicted molar refractivity (Wildman–Crippen MR) is 76.9 cm³/mol. The number of nitrogens with one attached hydrogen (secondary N) is 1. The lowest BCUT2D eigenvalue weighted by Gasteiger charge is -2.23. The van der Waals surface area contributed by atoms with Gasteiger partial charge in [-0.2, -0.15) is 5.26 Å². The van der Waals surface area contributed by atoms with Gasteiger partial charge in [0.1, 0.15) is 24.8 Å². The minimum absolute atomic E-state index is 0.0201. The highest BCUT2D eigenvalue weighted by Crippen LogP contribution is 2.21. The molecule has 114 valence electrons. The monoisotopic (exact) mass is 301 g/mol. The summed E-state index contributed by atoms with van der Waals surface area (Å²) >= 11 is 0. The fourth-order valence-corrected chi connectivity index (χ4v) is 2.09. The van der Waals surface area contributed by atoms with Crippen LogP contribution in [0.1, 0.15) is 31.3 Å². The summed E-state index contributed by atoms with van der Waals surface area (Å²) in [5.41, 5.74) is 0.834. The molecular weight excluding hydrogens is 285 g/mol. The molecule has 0 aliphatic heterocycles. The Bertz CT molecular complexity index is 687. The van der Waals surface area contributed by atoms with Crippen molar-refractivity contribution in [1.82, 2.24) is 20.1 Å². The average Bonchev–Trinajstić information content (AvgIpc) is 2.93. The molecule has 7 heteroatoms. The molecule has 0 unspecified atom stereocenters. The van der Waals surface area contributed by atoms with Gasteiger partial charge in [-0.25, -0.2) is 14.1 Å². The summed E-state index contributed by atoms with van der Waals surface area (Å²) in [7, 11) is 0. The second-order valence-corrected chi connectivity index (χ2v) is 5.22. The van der Waals surface area contributed by atoms with Crippen molar-refractivity contribution in [2.45, 2.75) is 26.4 Å². The zero-order valence-corrected chi connectivity index (χ0v) is 12.3. The summed E-state index contributed by atoms with van der Waals surface area (Å²) in [6.07, 6.45) is 1.33. The van der Waals surface area contributed by atoms with E-state index in [-0.39, 0.29) is 36.1 Å². The second-order valence-electron chi connectivity index (χ2n) is 5.22. The Morgan fingerprint density at radius 3 is 2.64 bits per heavy atom. The molecule has 0 saturated heterocycles. The molecule has 0 saturated carbocycles. The largest absolute Gasteiger partial charge is 0.347 e. The molecule has 6 nitrogen and oxygen atoms in total. The van der Waals surface area contributed by atoms with Crippen molar-refractivity contribution < 1.29 is 9.18 Å². The highest BCUT2D eigenvalue weighted by Gasteiger charge is 2.18. The van der Waals surface area contributed by atoms with Gasteiger partial charge in [-0.1, -0.05) is 26.0 Å². The average molecular weight is 301 g/mol. The van der Waals surface area contributed by atoms with Crippen LogP contribution in [0.5, 0.6) is 0 Å². The third-order valence-corrected chi connectivity index (χ3v) is 3.15. The van der Waals surface area contributed by atoms with Crippen molar-refractivity contribution in [2.24, 2.45) is 5.92 Å². The van der Waals surface area contributed by atoms with Gasteiger partial charge in [0.15, 0.2) is 0 Å². The maximum absolute atomic E-state index is 13.0. The van der Waals surface area contributed by atoms with Crippen molar-refractivity contribution in [3.05, 3.63) is 47.8 Å². The van der Waals surface area contributed by atoms with Gasteiger partial charge < -0.3 is 5.32 Å². The topological polar surface area (TPSA) is 83.6 Å². The summed E-state index contributed by atoms with van der Waals surface area (Å²) < 4.78 is 14.3. The van der Waals surface area contributed by atoms with Gasteiger partial charge in [-0.3, -0.25) is 4.79 Å². The molecule has 2 rings (SSSR count). The third kappa shape index (κ3) is 3.88. The van der Waals surface area contributed by atoms with E-state index in [1.165, 1.54) is 23.1 Å². The van der Waals surface area contributed by atoms with Crippen molar-refractivity contribution in [3.8, 4) is 6.07 Å². The van der Waals surface area contributed by atoms with E-state index in [1.54, 1.807) is 18.2 Å². The molecule has 1 aromatic heterocycles. The van der Waals surface area contributed by atoms with Crippen molar-refractivity contribution in [3.63, 3.8) is 0 Å². The van der Waals surface area contributed by atoms with Gasteiger partial charge in [-0.05, 0) is 23.6 Å². The highest BCUT2D eigenvalue weighted by atomic mass is 19.1. The minimum atomic E-state index is -0.316. The molecule has 0 radical (unpaired) electrons. The smallest absolute Gasteiger partial charge is 0.252 e. The number of rotatable bonds is 5. The molecule has 0 bridgehead atoms. The third-order valence-electron chi connectivity index (χ3n) is 3.15. The molecule has 22 heavy (non-hydrogen) atoms. The first-order chi connectivity index (χ1) is 10.5. The molecule has 0 aliphatic carbocycles. The van der Waals surface area contributed by atoms with Crippen LogP contribution in [0.25, 0.3) is 0 Å². The fourth-order valence-electron chi connectivity index (χ4n) is 2.09. The summed E-state index contributed by atoms with van der Waals surface area (Å²) in [5.74, 6) is -0.409. The Hall–Kier alpha value is -2.75. The van der Waals surface area contributed by atoms with E-state index in [9.17, 15) is 9.18 Å². The number of hydrogen-bond acceptors (Lipinski definition) is 4. The number of halogens is 1. The number of aromatic nitrogens is 3. The van der Waals surface area contributed by atoms with Crippen LogP contribution in [-0.4, -0.2) is 20.7 Å². The summed E-state index contributed by atoms with van der Waals surface area (Å²) in [4.78, 5) is 15.8. The molecule has 1 atom stereocenters. The first-order valence-electron chi connectivity index (χ1n) is 6.84. The molecule has 0 spiro atoms. The molecule has 1 heterocycles. The zero-order valence-electron chi connectivity index (χ0n) is 12.3. The number of carbonyl (C=O) groups is 1. The Kier molecular flexibility index (Phi) is 4.84. The number of benzene rings is 1. The quantitative estimate of drug-likeness (QED) is 0.912. The fraction of sp³-hybridized carbons (Fsp3) is 0.333.